The number of aryl methyl sites for hydroxylation is 1. The molecule has 0 heterocycles. The highest BCUT2D eigenvalue weighted by Crippen LogP contribution is 2.23. The van der Waals surface area contributed by atoms with Crippen molar-refractivity contribution in [3.05, 3.63) is 59.4 Å². The summed E-state index contributed by atoms with van der Waals surface area (Å²) < 4.78 is 25.0. The quantitative estimate of drug-likeness (QED) is 0.825. The van der Waals surface area contributed by atoms with Gasteiger partial charge in [0.25, 0.3) is 5.17 Å². The number of anilines is 1. The molecular weight excluding hydrogens is 301 g/mol. The maximum atomic E-state index is 14.1. The van der Waals surface area contributed by atoms with Crippen molar-refractivity contribution in [1.82, 2.24) is 0 Å². The van der Waals surface area contributed by atoms with Crippen molar-refractivity contribution in [2.24, 2.45) is 0 Å². The summed E-state index contributed by atoms with van der Waals surface area (Å²) in [5, 5.41) is 3.11. The lowest BCUT2D eigenvalue weighted by Crippen LogP contribution is -2.15. The van der Waals surface area contributed by atoms with Gasteiger partial charge in [0.1, 0.15) is 18.2 Å². The topological polar surface area (TPSA) is 30.5 Å². The summed E-state index contributed by atoms with van der Waals surface area (Å²) in [6.07, 6.45) is 0. The largest absolute Gasteiger partial charge is 0.488 e. The van der Waals surface area contributed by atoms with Gasteiger partial charge < -0.3 is 14.8 Å². The summed E-state index contributed by atoms with van der Waals surface area (Å²) in [5.74, 6) is 0.377. The van der Waals surface area contributed by atoms with Crippen LogP contribution >= 0.6 is 12.2 Å². The number of benzene rings is 2. The highest BCUT2D eigenvalue weighted by atomic mass is 32.1. The molecule has 0 radical (unpaired) electrons. The maximum absolute atomic E-state index is 14.1. The van der Waals surface area contributed by atoms with Crippen LogP contribution in [0.15, 0.2) is 42.5 Å². The highest BCUT2D eigenvalue weighted by Gasteiger charge is 2.11. The second-order valence-electron chi connectivity index (χ2n) is 4.67. The van der Waals surface area contributed by atoms with Crippen LogP contribution in [-0.4, -0.2) is 11.8 Å². The van der Waals surface area contributed by atoms with E-state index in [1.807, 2.05) is 38.1 Å². The lowest BCUT2D eigenvalue weighted by Gasteiger charge is -2.15. The van der Waals surface area contributed by atoms with E-state index in [-0.39, 0.29) is 17.6 Å². The molecule has 116 valence electrons. The van der Waals surface area contributed by atoms with Crippen LogP contribution < -0.4 is 10.1 Å². The Morgan fingerprint density at radius 3 is 2.68 bits per heavy atom. The van der Waals surface area contributed by atoms with Crippen molar-refractivity contribution in [3.63, 3.8) is 0 Å². The van der Waals surface area contributed by atoms with Crippen LogP contribution in [0.1, 0.15) is 18.1 Å². The highest BCUT2D eigenvalue weighted by molar-refractivity contribution is 7.80. The molecule has 0 fully saturated rings. The van der Waals surface area contributed by atoms with Crippen LogP contribution in [-0.2, 0) is 11.3 Å². The summed E-state index contributed by atoms with van der Waals surface area (Å²) in [5.41, 5.74) is 1.96. The van der Waals surface area contributed by atoms with Gasteiger partial charge in [0.05, 0.1) is 12.3 Å². The molecule has 0 aliphatic heterocycles. The van der Waals surface area contributed by atoms with Crippen LogP contribution in [0.25, 0.3) is 0 Å². The van der Waals surface area contributed by atoms with Crippen LogP contribution in [0.2, 0.25) is 0 Å². The molecule has 3 nitrogen and oxygen atoms in total. The van der Waals surface area contributed by atoms with Crippen molar-refractivity contribution in [2.45, 2.75) is 20.5 Å². The lowest BCUT2D eigenvalue weighted by molar-refractivity contribution is 0.298. The summed E-state index contributed by atoms with van der Waals surface area (Å²) in [7, 11) is 0. The number of hydrogen-bond acceptors (Lipinski definition) is 3. The van der Waals surface area contributed by atoms with E-state index in [9.17, 15) is 4.39 Å². The summed E-state index contributed by atoms with van der Waals surface area (Å²) >= 11 is 5.04. The Hall–Kier alpha value is -2.14. The second kappa shape index (κ2) is 7.75. The first-order valence-electron chi connectivity index (χ1n) is 7.01. The molecule has 0 saturated heterocycles. The number of rotatable bonds is 5. The van der Waals surface area contributed by atoms with Crippen LogP contribution in [0.3, 0.4) is 0 Å². The van der Waals surface area contributed by atoms with E-state index in [1.165, 1.54) is 6.07 Å². The fourth-order valence-corrected chi connectivity index (χ4v) is 2.20. The monoisotopic (exact) mass is 319 g/mol. The lowest BCUT2D eigenvalue weighted by atomic mass is 10.1. The van der Waals surface area contributed by atoms with Gasteiger partial charge in [0, 0.05) is 5.56 Å². The summed E-state index contributed by atoms with van der Waals surface area (Å²) in [6, 6.07) is 12.4. The average Bonchev–Trinajstić information content (AvgIpc) is 2.48. The first kappa shape index (κ1) is 16.2. The molecule has 2 rings (SSSR count). The van der Waals surface area contributed by atoms with Crippen molar-refractivity contribution < 1.29 is 13.9 Å². The smallest absolute Gasteiger partial charge is 0.261 e. The van der Waals surface area contributed by atoms with E-state index in [0.29, 0.717) is 17.9 Å². The molecule has 0 aliphatic rings. The van der Waals surface area contributed by atoms with E-state index in [0.717, 1.165) is 11.3 Å². The Balaban J connectivity index is 2.16. The average molecular weight is 319 g/mol. The van der Waals surface area contributed by atoms with E-state index in [4.69, 9.17) is 21.7 Å². The molecule has 2 aromatic carbocycles. The van der Waals surface area contributed by atoms with E-state index in [1.54, 1.807) is 12.1 Å². The molecule has 1 N–H and O–H groups in total. The Bertz CT molecular complexity index is 661. The number of nitrogens with one attached hydrogen (secondary N) is 1. The van der Waals surface area contributed by atoms with Gasteiger partial charge in [0.15, 0.2) is 0 Å². The minimum atomic E-state index is -0.349. The normalized spacial score (nSPS) is 10.1. The molecule has 22 heavy (non-hydrogen) atoms. The van der Waals surface area contributed by atoms with Crippen molar-refractivity contribution >= 4 is 23.1 Å². The Morgan fingerprint density at radius 1 is 1.18 bits per heavy atom. The molecule has 0 amide bonds. The van der Waals surface area contributed by atoms with Gasteiger partial charge in [-0.2, -0.15) is 0 Å². The SMILES string of the molecule is CCOC(=S)Nc1cccc(F)c1COc1ccccc1C. The van der Waals surface area contributed by atoms with Crippen LogP contribution in [0, 0.1) is 12.7 Å². The molecule has 0 atom stereocenters. The van der Waals surface area contributed by atoms with E-state index in [2.05, 4.69) is 5.32 Å². The first-order chi connectivity index (χ1) is 10.6. The molecule has 0 aliphatic carbocycles. The predicted molar refractivity (Wildman–Crippen MR) is 89.8 cm³/mol. The van der Waals surface area contributed by atoms with Crippen molar-refractivity contribution in [3.8, 4) is 5.75 Å². The number of ether oxygens (including phenoxy) is 2. The molecule has 0 bridgehead atoms. The standard InChI is InChI=1S/C17H18FNO2S/c1-3-20-17(22)19-15-9-6-8-14(18)13(15)11-21-16-10-5-4-7-12(16)2/h4-10H,3,11H2,1-2H3,(H,19,22). The molecule has 0 aromatic heterocycles. The van der Waals surface area contributed by atoms with E-state index >= 15 is 0 Å². The summed E-state index contributed by atoms with van der Waals surface area (Å²) in [6.45, 7) is 4.34. The number of para-hydroxylation sites is 1. The third-order valence-electron chi connectivity index (χ3n) is 3.10. The van der Waals surface area contributed by atoms with Gasteiger partial charge in [-0.25, -0.2) is 4.39 Å². The zero-order valence-corrected chi connectivity index (χ0v) is 13.4. The number of thiocarbonyl (C=S) groups is 1. The molecule has 0 spiro atoms. The number of hydrogen-bond donors (Lipinski definition) is 1. The van der Waals surface area contributed by atoms with E-state index < -0.39 is 0 Å². The fraction of sp³-hybridized carbons (Fsp3) is 0.235. The zero-order chi connectivity index (χ0) is 15.9. The van der Waals surface area contributed by atoms with Crippen LogP contribution in [0.4, 0.5) is 10.1 Å². The van der Waals surface area contributed by atoms with Gasteiger partial charge >= 0.3 is 0 Å². The zero-order valence-electron chi connectivity index (χ0n) is 12.6. The maximum Gasteiger partial charge on any atom is 0.261 e. The number of halogens is 1. The van der Waals surface area contributed by atoms with Gasteiger partial charge in [-0.05, 0) is 49.8 Å². The van der Waals surface area contributed by atoms with Gasteiger partial charge in [-0.3, -0.25) is 0 Å². The minimum absolute atomic E-state index is 0.106. The van der Waals surface area contributed by atoms with Crippen molar-refractivity contribution in [2.75, 3.05) is 11.9 Å². The predicted octanol–water partition coefficient (Wildman–Crippen LogP) is 4.45. The van der Waals surface area contributed by atoms with Crippen LogP contribution in [0.5, 0.6) is 5.75 Å². The Morgan fingerprint density at radius 2 is 1.95 bits per heavy atom. The van der Waals surface area contributed by atoms with Gasteiger partial charge in [-0.15, -0.1) is 0 Å². The third-order valence-corrected chi connectivity index (χ3v) is 3.32. The Labute approximate surface area is 135 Å². The molecule has 2 aromatic rings. The fourth-order valence-electron chi connectivity index (χ4n) is 1.97. The third kappa shape index (κ3) is 4.18. The molecule has 0 unspecified atom stereocenters. The molecule has 0 saturated carbocycles. The van der Waals surface area contributed by atoms with Gasteiger partial charge in [0.2, 0.25) is 0 Å². The second-order valence-corrected chi connectivity index (χ2v) is 5.04. The van der Waals surface area contributed by atoms with Gasteiger partial charge in [-0.1, -0.05) is 24.3 Å². The molecular formula is C17H18FNO2S. The minimum Gasteiger partial charge on any atom is -0.488 e. The summed E-state index contributed by atoms with van der Waals surface area (Å²) in [4.78, 5) is 0. The first-order valence-corrected chi connectivity index (χ1v) is 7.42. The Kier molecular flexibility index (Phi) is 5.72. The molecule has 5 heteroatoms. The van der Waals surface area contributed by atoms with Crippen molar-refractivity contribution in [1.29, 1.82) is 0 Å².